The molecule has 448 valence electrons. The van der Waals surface area contributed by atoms with Gasteiger partial charge in [-0.1, -0.05) is 240 Å². The van der Waals surface area contributed by atoms with Crippen LogP contribution in [-0.2, 0) is 42.7 Å². The Morgan fingerprint density at radius 2 is 0.966 bits per heavy atom. The van der Waals surface area contributed by atoms with E-state index in [0.29, 0.717) is 51.0 Å². The fourth-order valence-corrected chi connectivity index (χ4v) is 11.2. The second-order valence-electron chi connectivity index (χ2n) is 26.4. The van der Waals surface area contributed by atoms with Gasteiger partial charge in [-0.25, -0.2) is 4.98 Å². The third kappa shape index (κ3) is 12.0. The second-order valence-corrected chi connectivity index (χ2v) is 26.4. The van der Waals surface area contributed by atoms with Crippen molar-refractivity contribution < 1.29 is 51.1 Å². The molecule has 0 atom stereocenters. The number of hydrogen-bond acceptors (Lipinski definition) is 5. The molecule has 6 nitrogen and oxygen atoms in total. The molecule has 0 radical (unpaired) electrons. The van der Waals surface area contributed by atoms with Crippen LogP contribution in [0.4, 0.5) is 22.7 Å². The minimum atomic E-state index is -0.595. The maximum Gasteiger partial charge on any atom is 0.143 e. The summed E-state index contributed by atoms with van der Waals surface area (Å²) < 4.78 is 150. The van der Waals surface area contributed by atoms with Crippen molar-refractivity contribution in [1.29, 1.82) is 0 Å². The van der Waals surface area contributed by atoms with Gasteiger partial charge in [0.15, 0.2) is 0 Å². The number of benzene rings is 10. The summed E-state index contributed by atoms with van der Waals surface area (Å²) in [6.07, 6.45) is 1.65. The molecule has 1 aliphatic heterocycles. The molecule has 0 bridgehead atoms. The molecular weight excluding hydrogens is 1270 g/mol. The number of pyridine rings is 1. The molecule has 0 amide bonds. The fourth-order valence-electron chi connectivity index (χ4n) is 11.2. The molecule has 0 spiro atoms. The topological polar surface area (TPSA) is 42.8 Å². The quantitative estimate of drug-likeness (QED) is 0.121. The standard InChI is InChI=1S/C82H75N4O2.Pt/c1-79(2,3)58-38-41-72-71(47-58)68-40-39-64(87-63-33-24-32-62(50-63)84-53-85(74-37-23-22-36-73(74)84)77-66(54-26-16-13-17-27-54)34-25-35-67(77)55-28-18-14-19-29-55)51-75(68)86(72)76-52-65(42-43-83-76)88-78-69(56-30-20-15-21-31-56)48-61(82(10,11)12)49-70(78)57-44-59(80(4,5)6)46-60(45-57)81(7,8)9;/h13-49,52-53H,1-12H3;/q-3;/i13D,14D,15D,16D,17D,18D,19D,20D,21D,26D,27D,28D,29D,30D,31D;. The number of rotatable bonds is 11. The molecule has 12 aromatic rings. The first-order valence-corrected chi connectivity index (χ1v) is 29.4. The molecule has 2 aromatic heterocycles. The van der Waals surface area contributed by atoms with Crippen molar-refractivity contribution in [2.24, 2.45) is 0 Å². The summed E-state index contributed by atoms with van der Waals surface area (Å²) in [7, 11) is 0. The van der Waals surface area contributed by atoms with Crippen molar-refractivity contribution in [1.82, 2.24) is 9.55 Å². The predicted molar refractivity (Wildman–Crippen MR) is 367 cm³/mol. The van der Waals surface area contributed by atoms with Gasteiger partial charge in [-0.2, -0.15) is 12.1 Å². The zero-order chi connectivity index (χ0) is 74.3. The molecular formula is C82H75N4O2Pt-3. The average molecular weight is 1360 g/mol. The second kappa shape index (κ2) is 23.5. The van der Waals surface area contributed by atoms with E-state index in [1.807, 2.05) is 58.0 Å². The first-order valence-electron chi connectivity index (χ1n) is 36.9. The van der Waals surface area contributed by atoms with E-state index in [1.165, 1.54) is 0 Å². The van der Waals surface area contributed by atoms with E-state index >= 15 is 0 Å². The van der Waals surface area contributed by atoms with E-state index in [0.717, 1.165) is 44.1 Å². The van der Waals surface area contributed by atoms with E-state index < -0.39 is 84.0 Å². The predicted octanol–water partition coefficient (Wildman–Crippen LogP) is 22.6. The third-order valence-corrected chi connectivity index (χ3v) is 16.1. The third-order valence-electron chi connectivity index (χ3n) is 16.1. The zero-order valence-corrected chi connectivity index (χ0v) is 54.1. The van der Waals surface area contributed by atoms with E-state index in [1.54, 1.807) is 60.2 Å². The SMILES string of the molecule is [2H]c1c([2H])c([2H])c(-c2cc(C(C)(C)C)cc(-c3cc(C(C)(C)C)cc(C(C)(C)C)c3)c2Oc2ccnc(-n3c4[c-]c(Oc5[c-]c(N6[CH-]N(c7c(-c8c([2H])c([2H])c([2H])c([2H])c8[2H])cccc7-c7c([2H])c([2H])c([2H])c([2H])c7[2H])c7ccccc76)ccc5)ccc4c4cc(C(C)(C)C)ccc43)c2)c([2H])c1[2H].[Pt]. The van der Waals surface area contributed by atoms with Crippen molar-refractivity contribution in [3.05, 3.63) is 271 Å². The van der Waals surface area contributed by atoms with Crippen molar-refractivity contribution >= 4 is 44.6 Å². The Bertz CT molecular complexity index is 5330. The van der Waals surface area contributed by atoms with Crippen molar-refractivity contribution in [2.45, 2.75) is 105 Å². The van der Waals surface area contributed by atoms with Gasteiger partial charge in [0.2, 0.25) is 0 Å². The van der Waals surface area contributed by atoms with Gasteiger partial charge < -0.3 is 23.8 Å². The van der Waals surface area contributed by atoms with Gasteiger partial charge >= 0.3 is 0 Å². The number of aromatic nitrogens is 2. The molecule has 0 aliphatic carbocycles. The summed E-state index contributed by atoms with van der Waals surface area (Å²) in [6.45, 7) is 27.4. The minimum absolute atomic E-state index is 0. The van der Waals surface area contributed by atoms with Crippen LogP contribution in [0.15, 0.2) is 230 Å². The van der Waals surface area contributed by atoms with E-state index in [9.17, 15) is 2.74 Å². The van der Waals surface area contributed by atoms with E-state index in [-0.39, 0.29) is 94.4 Å². The molecule has 13 rings (SSSR count). The summed E-state index contributed by atoms with van der Waals surface area (Å²) in [5.74, 6) is 1.67. The Balaban J connectivity index is 0.0000102. The van der Waals surface area contributed by atoms with Gasteiger partial charge in [0.1, 0.15) is 17.3 Å². The van der Waals surface area contributed by atoms with Crippen LogP contribution in [0, 0.1) is 18.8 Å². The smallest absolute Gasteiger partial charge is 0.143 e. The minimum Gasteiger partial charge on any atom is -0.509 e. The summed E-state index contributed by atoms with van der Waals surface area (Å²) in [6, 6.07) is 41.1. The Kier molecular flexibility index (Phi) is 11.8. The molecule has 10 aromatic carbocycles. The van der Waals surface area contributed by atoms with Gasteiger partial charge in [-0.3, -0.25) is 0 Å². The van der Waals surface area contributed by atoms with Crippen LogP contribution in [0.1, 0.15) is 126 Å². The summed E-state index contributed by atoms with van der Waals surface area (Å²) in [5, 5.41) is 1.76. The van der Waals surface area contributed by atoms with Crippen LogP contribution in [0.3, 0.4) is 0 Å². The Hall–Kier alpha value is -8.96. The van der Waals surface area contributed by atoms with Crippen LogP contribution < -0.4 is 19.3 Å². The van der Waals surface area contributed by atoms with Crippen LogP contribution in [0.25, 0.3) is 72.1 Å². The molecule has 89 heavy (non-hydrogen) atoms. The molecule has 7 heteroatoms. The number of fused-ring (bicyclic) bond motifs is 4. The van der Waals surface area contributed by atoms with Crippen LogP contribution in [-0.4, -0.2) is 9.55 Å². The van der Waals surface area contributed by atoms with Crippen molar-refractivity contribution in [3.63, 3.8) is 0 Å². The monoisotopic (exact) mass is 1360 g/mol. The average Bonchev–Trinajstić information content (AvgIpc) is 1.27. The van der Waals surface area contributed by atoms with Gasteiger partial charge in [0.25, 0.3) is 0 Å². The number of nitrogens with zero attached hydrogens (tertiary/aromatic N) is 4. The Morgan fingerprint density at radius 1 is 0.438 bits per heavy atom. The maximum absolute atomic E-state index is 9.43. The Labute approximate surface area is 561 Å². The van der Waals surface area contributed by atoms with Crippen LogP contribution >= 0.6 is 0 Å². The fraction of sp³-hybridized carbons (Fsp3) is 0.195. The Morgan fingerprint density at radius 3 is 1.55 bits per heavy atom. The molecule has 1 aliphatic rings. The first kappa shape index (κ1) is 44.5. The van der Waals surface area contributed by atoms with Crippen LogP contribution in [0.2, 0.25) is 0 Å². The van der Waals surface area contributed by atoms with Gasteiger partial charge in [0.05, 0.1) is 20.6 Å². The van der Waals surface area contributed by atoms with Crippen molar-refractivity contribution in [2.75, 3.05) is 9.80 Å². The number of anilines is 4. The van der Waals surface area contributed by atoms with E-state index in [4.69, 9.17) is 32.3 Å². The molecule has 0 saturated carbocycles. The molecule has 0 saturated heterocycles. The molecule has 3 heterocycles. The van der Waals surface area contributed by atoms with Gasteiger partial charge in [0, 0.05) is 89.7 Å². The zero-order valence-electron chi connectivity index (χ0n) is 66.8. The van der Waals surface area contributed by atoms with Crippen molar-refractivity contribution in [3.8, 4) is 73.3 Å². The van der Waals surface area contributed by atoms with E-state index in [2.05, 4.69) is 138 Å². The van der Waals surface area contributed by atoms with Gasteiger partial charge in [-0.05, 0) is 108 Å². The number of para-hydroxylation sites is 3. The maximum atomic E-state index is 9.43. The summed E-state index contributed by atoms with van der Waals surface area (Å²) in [4.78, 5) is 8.57. The van der Waals surface area contributed by atoms with Crippen LogP contribution in [0.5, 0.6) is 23.0 Å². The number of ether oxygens (including phenoxy) is 2. The number of hydrogen-bond donors (Lipinski definition) is 0. The molecule has 0 N–H and O–H groups in total. The summed E-state index contributed by atoms with van der Waals surface area (Å²) in [5.41, 5.74) is 7.80. The molecule has 0 unspecified atom stereocenters. The largest absolute Gasteiger partial charge is 0.509 e. The normalized spacial score (nSPS) is 15.1. The first-order chi connectivity index (χ1) is 48.3. The summed E-state index contributed by atoms with van der Waals surface area (Å²) >= 11 is 0. The van der Waals surface area contributed by atoms with Gasteiger partial charge in [-0.15, -0.1) is 48.1 Å². The molecule has 0 fully saturated rings.